The zero-order valence-electron chi connectivity index (χ0n) is 16.4. The van der Waals surface area contributed by atoms with Gasteiger partial charge in [-0.1, -0.05) is 0 Å². The van der Waals surface area contributed by atoms with E-state index in [9.17, 15) is 39.9 Å². The van der Waals surface area contributed by atoms with E-state index < -0.39 is 35.4 Å². The van der Waals surface area contributed by atoms with Crippen LogP contribution in [-0.2, 0) is 19.1 Å². The molecule has 33 heavy (non-hydrogen) atoms. The molecule has 178 valence electrons. The second-order valence-corrected chi connectivity index (χ2v) is 8.27. The summed E-state index contributed by atoms with van der Waals surface area (Å²) < 4.78 is 108. The van der Waals surface area contributed by atoms with Crippen LogP contribution in [0.1, 0.15) is 33.8 Å². The Morgan fingerprint density at radius 3 is 2.36 bits per heavy atom. The summed E-state index contributed by atoms with van der Waals surface area (Å²) in [6.07, 6.45) is -8.01. The quantitative estimate of drug-likeness (QED) is 0.508. The summed E-state index contributed by atoms with van der Waals surface area (Å²) in [4.78, 5) is 12.5. The van der Waals surface area contributed by atoms with E-state index in [4.69, 9.17) is 0 Å². The predicted octanol–water partition coefficient (Wildman–Crippen LogP) is 4.90. The molecule has 0 aliphatic heterocycles. The lowest BCUT2D eigenvalue weighted by Crippen LogP contribution is -2.36. The Bertz CT molecular complexity index is 1200. The molecule has 3 heterocycles. The van der Waals surface area contributed by atoms with Crippen LogP contribution in [0.2, 0.25) is 0 Å². The van der Waals surface area contributed by atoms with Crippen molar-refractivity contribution in [1.29, 1.82) is 0 Å². The molecule has 0 atom stereocenters. The summed E-state index contributed by atoms with van der Waals surface area (Å²) >= 11 is 1.08. The molecule has 3 aromatic rings. The van der Waals surface area contributed by atoms with Gasteiger partial charge in [-0.05, 0) is 29.9 Å². The first kappa shape index (κ1) is 23.2. The molecule has 1 N–H and O–H groups in total. The number of hydrogen-bond donors (Lipinski definition) is 1. The van der Waals surface area contributed by atoms with Crippen LogP contribution >= 0.6 is 11.3 Å². The van der Waals surface area contributed by atoms with Crippen molar-refractivity contribution in [2.45, 2.75) is 37.2 Å². The molecule has 6 nitrogen and oxygen atoms in total. The Labute approximate surface area is 183 Å². The van der Waals surface area contributed by atoms with Gasteiger partial charge in [0, 0.05) is 24.8 Å². The molecular formula is C18H13F8N5OS. The topological polar surface area (TPSA) is 64.7 Å². The second-order valence-electron chi connectivity index (χ2n) is 7.36. The number of hydrogen-bond acceptors (Lipinski definition) is 4. The van der Waals surface area contributed by atoms with Crippen LogP contribution < -0.4 is 5.32 Å². The summed E-state index contributed by atoms with van der Waals surface area (Å²) in [7, 11) is 0.798. The zero-order chi connectivity index (χ0) is 24.3. The van der Waals surface area contributed by atoms with Gasteiger partial charge in [-0.3, -0.25) is 4.79 Å². The summed E-state index contributed by atoms with van der Waals surface area (Å²) in [6, 6.07) is 1.58. The number of amides is 1. The molecule has 3 aromatic heterocycles. The van der Waals surface area contributed by atoms with Crippen molar-refractivity contribution in [3.05, 3.63) is 40.0 Å². The number of thiophene rings is 1. The lowest BCUT2D eigenvalue weighted by Gasteiger charge is -2.19. The molecule has 4 rings (SSSR count). The van der Waals surface area contributed by atoms with E-state index in [-0.39, 0.29) is 22.2 Å². The molecule has 0 bridgehead atoms. The molecule has 0 unspecified atom stereocenters. The third kappa shape index (κ3) is 4.20. The minimum Gasteiger partial charge on any atom is -0.349 e. The van der Waals surface area contributed by atoms with E-state index in [1.54, 1.807) is 5.38 Å². The second kappa shape index (κ2) is 7.53. The van der Waals surface area contributed by atoms with Gasteiger partial charge in [0.1, 0.15) is 5.56 Å². The van der Waals surface area contributed by atoms with Crippen molar-refractivity contribution in [3.8, 4) is 16.9 Å². The van der Waals surface area contributed by atoms with Gasteiger partial charge in [-0.2, -0.15) is 45.3 Å². The molecule has 15 heteroatoms. The van der Waals surface area contributed by atoms with Crippen LogP contribution in [0.3, 0.4) is 0 Å². The summed E-state index contributed by atoms with van der Waals surface area (Å²) in [6.45, 7) is 0. The molecule has 1 saturated carbocycles. The van der Waals surface area contributed by atoms with Gasteiger partial charge in [0.15, 0.2) is 11.5 Å². The third-order valence-corrected chi connectivity index (χ3v) is 5.75. The van der Waals surface area contributed by atoms with Gasteiger partial charge in [0.05, 0.1) is 11.1 Å². The smallest absolute Gasteiger partial charge is 0.349 e. The van der Waals surface area contributed by atoms with Crippen LogP contribution in [0.25, 0.3) is 16.9 Å². The summed E-state index contributed by atoms with van der Waals surface area (Å²) in [5.74, 6) is -7.28. The Hall–Kier alpha value is -2.97. The SMILES string of the molecule is Cn1nc(C(F)(F)C(F)(F)F)c(C(F)(F)F)c1-n1cc(-c2csc(C(=O)NC3CC3)c2)cn1. The van der Waals surface area contributed by atoms with E-state index in [0.717, 1.165) is 43.6 Å². The maximum Gasteiger partial charge on any atom is 0.459 e. The van der Waals surface area contributed by atoms with Crippen LogP contribution in [0.4, 0.5) is 35.1 Å². The highest BCUT2D eigenvalue weighted by Crippen LogP contribution is 2.49. The summed E-state index contributed by atoms with van der Waals surface area (Å²) in [5.41, 5.74) is -4.10. The Kier molecular flexibility index (Phi) is 5.29. The number of aromatic nitrogens is 4. The number of nitrogens with one attached hydrogen (secondary N) is 1. The van der Waals surface area contributed by atoms with Crippen molar-refractivity contribution in [3.63, 3.8) is 0 Å². The van der Waals surface area contributed by atoms with E-state index >= 15 is 0 Å². The van der Waals surface area contributed by atoms with E-state index in [1.807, 2.05) is 0 Å². The lowest BCUT2D eigenvalue weighted by molar-refractivity contribution is -0.292. The van der Waals surface area contributed by atoms with Crippen molar-refractivity contribution < 1.29 is 39.9 Å². The van der Waals surface area contributed by atoms with Crippen molar-refractivity contribution >= 4 is 17.2 Å². The van der Waals surface area contributed by atoms with Crippen LogP contribution in [0, 0.1) is 0 Å². The molecular weight excluding hydrogens is 486 g/mol. The van der Waals surface area contributed by atoms with Gasteiger partial charge in [0.2, 0.25) is 0 Å². The highest BCUT2D eigenvalue weighted by Gasteiger charge is 2.64. The predicted molar refractivity (Wildman–Crippen MR) is 99.1 cm³/mol. The number of nitrogens with zero attached hydrogens (tertiary/aromatic N) is 4. The first-order chi connectivity index (χ1) is 15.2. The minimum atomic E-state index is -6.29. The van der Waals surface area contributed by atoms with Crippen LogP contribution in [0.5, 0.6) is 0 Å². The third-order valence-electron chi connectivity index (χ3n) is 4.82. The van der Waals surface area contributed by atoms with Gasteiger partial charge >= 0.3 is 18.3 Å². The van der Waals surface area contributed by atoms with Crippen molar-refractivity contribution in [2.75, 3.05) is 0 Å². The first-order valence-corrected chi connectivity index (χ1v) is 10.1. The number of rotatable bonds is 5. The fourth-order valence-electron chi connectivity index (χ4n) is 3.07. The number of alkyl halides is 8. The number of halogens is 8. The molecule has 0 aromatic carbocycles. The molecule has 0 spiro atoms. The fourth-order valence-corrected chi connectivity index (χ4v) is 3.89. The highest BCUT2D eigenvalue weighted by molar-refractivity contribution is 7.12. The molecule has 0 saturated heterocycles. The molecule has 0 radical (unpaired) electrons. The van der Waals surface area contributed by atoms with Crippen LogP contribution in [0.15, 0.2) is 23.8 Å². The van der Waals surface area contributed by atoms with Gasteiger partial charge < -0.3 is 5.32 Å². The average molecular weight is 499 g/mol. The van der Waals surface area contributed by atoms with Crippen LogP contribution in [-0.4, -0.2) is 37.7 Å². The largest absolute Gasteiger partial charge is 0.459 e. The van der Waals surface area contributed by atoms with Crippen molar-refractivity contribution in [2.24, 2.45) is 7.05 Å². The number of carbonyl (C=O) groups excluding carboxylic acids is 1. The maximum atomic E-state index is 13.8. The molecule has 1 aliphatic rings. The fraction of sp³-hybridized carbons (Fsp3) is 0.389. The van der Waals surface area contributed by atoms with E-state index in [0.29, 0.717) is 15.1 Å². The van der Waals surface area contributed by atoms with Gasteiger partial charge in [-0.15, -0.1) is 11.3 Å². The maximum absolute atomic E-state index is 13.8. The normalized spacial score (nSPS) is 15.2. The van der Waals surface area contributed by atoms with Gasteiger partial charge in [-0.25, -0.2) is 9.36 Å². The minimum absolute atomic E-state index is 0.112. The zero-order valence-corrected chi connectivity index (χ0v) is 17.2. The number of carbonyl (C=O) groups is 1. The first-order valence-electron chi connectivity index (χ1n) is 9.24. The average Bonchev–Trinajstić information content (AvgIpc) is 3.10. The highest BCUT2D eigenvalue weighted by atomic mass is 32.1. The molecule has 1 amide bonds. The molecule has 1 fully saturated rings. The monoisotopic (exact) mass is 499 g/mol. The Morgan fingerprint density at radius 1 is 1.12 bits per heavy atom. The number of aryl methyl sites for hydroxylation is 1. The Morgan fingerprint density at radius 2 is 1.79 bits per heavy atom. The van der Waals surface area contributed by atoms with Gasteiger partial charge in [0.25, 0.3) is 5.91 Å². The Balaban J connectivity index is 1.74. The molecule has 1 aliphatic carbocycles. The standard InChI is InChI=1S/C18H13F8N5OS/c1-30-15(12(17(21,22)23)13(29-30)16(19,20)18(24,25)26)31-6-9(5-27-31)8-4-11(33-7-8)14(32)28-10-2-3-10/h4-7,10H,2-3H2,1H3,(H,28,32). The lowest BCUT2D eigenvalue weighted by atomic mass is 10.1. The van der Waals surface area contributed by atoms with E-state index in [1.165, 1.54) is 6.07 Å². The van der Waals surface area contributed by atoms with Crippen molar-refractivity contribution in [1.82, 2.24) is 24.9 Å². The van der Waals surface area contributed by atoms with E-state index in [2.05, 4.69) is 15.5 Å². The summed E-state index contributed by atoms with van der Waals surface area (Å²) in [5, 5.41) is 10.9.